The van der Waals surface area contributed by atoms with E-state index in [2.05, 4.69) is 20.9 Å². The Kier molecular flexibility index (Phi) is 11.7. The van der Waals surface area contributed by atoms with Gasteiger partial charge in [-0.3, -0.25) is 19.2 Å². The van der Waals surface area contributed by atoms with Crippen LogP contribution < -0.4 is 16.0 Å². The highest BCUT2D eigenvalue weighted by atomic mass is 32.2. The smallest absolute Gasteiger partial charge is 0.328 e. The van der Waals surface area contributed by atoms with E-state index in [-0.39, 0.29) is 29.5 Å². The van der Waals surface area contributed by atoms with Crippen molar-refractivity contribution in [3.63, 3.8) is 0 Å². The molecule has 2 atom stereocenters. The minimum atomic E-state index is -1.05. The van der Waals surface area contributed by atoms with E-state index in [1.54, 1.807) is 37.5 Å². The highest BCUT2D eigenvalue weighted by Crippen LogP contribution is 2.20. The van der Waals surface area contributed by atoms with Gasteiger partial charge in [-0.15, -0.1) is 11.8 Å². The average Bonchev–Trinajstić information content (AvgIpc) is 2.84. The number of amides is 3. The summed E-state index contributed by atoms with van der Waals surface area (Å²) in [7, 11) is 0. The Bertz CT molecular complexity index is 1070. The number of aromatic nitrogens is 1. The Labute approximate surface area is 218 Å². The first-order valence-corrected chi connectivity index (χ1v) is 13.4. The predicted octanol–water partition coefficient (Wildman–Crippen LogP) is 2.10. The maximum Gasteiger partial charge on any atom is 0.328 e. The van der Waals surface area contributed by atoms with Gasteiger partial charge >= 0.3 is 5.97 Å². The molecule has 0 saturated carbocycles. The van der Waals surface area contributed by atoms with E-state index in [0.29, 0.717) is 22.8 Å². The van der Waals surface area contributed by atoms with Crippen molar-refractivity contribution in [3.8, 4) is 0 Å². The molecule has 0 fully saturated rings. The molecule has 0 unspecified atom stereocenters. The number of rotatable bonds is 5. The van der Waals surface area contributed by atoms with Crippen LogP contribution in [0, 0.1) is 0 Å². The first kappa shape index (κ1) is 29.1. The minimum absolute atomic E-state index is 0.00231. The van der Waals surface area contributed by atoms with Crippen molar-refractivity contribution >= 4 is 52.3 Å². The van der Waals surface area contributed by atoms with E-state index in [4.69, 9.17) is 4.74 Å². The number of allylic oxidation sites excluding steroid dienone is 2. The van der Waals surface area contributed by atoms with E-state index in [9.17, 15) is 24.0 Å². The van der Waals surface area contributed by atoms with Crippen molar-refractivity contribution in [2.75, 3.05) is 12.0 Å². The number of hydrogen-bond donors (Lipinski definition) is 3. The molecule has 194 valence electrons. The van der Waals surface area contributed by atoms with Gasteiger partial charge in [0, 0.05) is 17.6 Å². The van der Waals surface area contributed by atoms with E-state index >= 15 is 0 Å². The number of nitrogens with zero attached hydrogens (tertiary/aromatic N) is 1. The molecule has 0 aliphatic carbocycles. The topological polar surface area (TPSA) is 144 Å². The minimum Gasteiger partial charge on any atom is -0.456 e. The van der Waals surface area contributed by atoms with Gasteiger partial charge in [0.05, 0.1) is 18.7 Å². The van der Waals surface area contributed by atoms with E-state index in [1.807, 2.05) is 0 Å². The highest BCUT2D eigenvalue weighted by Gasteiger charge is 2.25. The zero-order valence-electron chi connectivity index (χ0n) is 20.6. The van der Waals surface area contributed by atoms with Crippen molar-refractivity contribution in [2.24, 2.45) is 0 Å². The number of nitrogens with one attached hydrogen (secondary N) is 3. The molecule has 12 heteroatoms. The second-order valence-corrected chi connectivity index (χ2v) is 9.84. The monoisotopic (exact) mass is 534 g/mol. The number of cyclic esters (lactones) is 1. The van der Waals surface area contributed by atoms with Crippen LogP contribution >= 0.6 is 23.5 Å². The van der Waals surface area contributed by atoms with E-state index in [1.165, 1.54) is 43.4 Å². The van der Waals surface area contributed by atoms with Crippen LogP contribution in [0.1, 0.15) is 49.8 Å². The Hall–Kier alpha value is -3.12. The van der Waals surface area contributed by atoms with Gasteiger partial charge in [0.2, 0.25) is 5.91 Å². The maximum absolute atomic E-state index is 12.9. The van der Waals surface area contributed by atoms with Crippen molar-refractivity contribution < 1.29 is 28.7 Å². The lowest BCUT2D eigenvalue weighted by Crippen LogP contribution is -2.44. The summed E-state index contributed by atoms with van der Waals surface area (Å²) >= 11 is 2.50. The highest BCUT2D eigenvalue weighted by molar-refractivity contribution is 8.13. The van der Waals surface area contributed by atoms with Gasteiger partial charge in [-0.25, -0.2) is 9.78 Å². The molecule has 0 spiro atoms. The summed E-state index contributed by atoms with van der Waals surface area (Å²) in [6, 6.07) is 2.37. The zero-order valence-corrected chi connectivity index (χ0v) is 22.2. The average molecular weight is 535 g/mol. The Morgan fingerprint density at radius 1 is 1.22 bits per heavy atom. The number of ether oxygens (including phenoxy) is 1. The third-order valence-corrected chi connectivity index (χ3v) is 6.51. The second kappa shape index (κ2) is 14.4. The lowest BCUT2D eigenvalue weighted by atomic mass is 10.2. The summed E-state index contributed by atoms with van der Waals surface area (Å²) in [6.45, 7) is 4.56. The summed E-state index contributed by atoms with van der Waals surface area (Å²) < 4.78 is 5.47. The molecule has 0 radical (unpaired) electrons. The normalized spacial score (nSPS) is 21.1. The molecular weight excluding hydrogens is 504 g/mol. The molecule has 1 aromatic heterocycles. The van der Waals surface area contributed by atoms with Gasteiger partial charge in [0.15, 0.2) is 5.12 Å². The fourth-order valence-corrected chi connectivity index (χ4v) is 4.13. The lowest BCUT2D eigenvalue weighted by Gasteiger charge is -2.20. The number of carbonyl (C=O) groups is 5. The van der Waals surface area contributed by atoms with Gasteiger partial charge < -0.3 is 20.7 Å². The number of hydrogen-bond acceptors (Lipinski definition) is 9. The summed E-state index contributed by atoms with van der Waals surface area (Å²) in [6.07, 6.45) is 6.06. The third kappa shape index (κ3) is 9.15. The Morgan fingerprint density at radius 2 is 1.97 bits per heavy atom. The molecular formula is C24H30N4O6S2. The summed E-state index contributed by atoms with van der Waals surface area (Å²) in [5.41, 5.74) is 0.521. The Morgan fingerprint density at radius 3 is 2.64 bits per heavy atom. The van der Waals surface area contributed by atoms with Gasteiger partial charge in [-0.1, -0.05) is 23.9 Å². The molecule has 10 nitrogen and oxygen atoms in total. The number of pyridine rings is 1. The molecule has 0 saturated heterocycles. The standard InChI is InChI=1S/C24H30N4O6S2/c1-5-18-22(31)26-14(2)24(33)34-17(8-6-7-11-36-15(3)29)12-20(30)25-13-16-9-10-19(35-4)21(27-16)23(32)28-18/h5-6,8-10,14,17H,7,11-13H2,1-4H3,(H,25,30)(H,26,31)(H,28,32)/b8-6+,18-5+/t14-,17-/m1/s1. The van der Waals surface area contributed by atoms with Crippen LogP contribution in [0.4, 0.5) is 0 Å². The van der Waals surface area contributed by atoms with Gasteiger partial charge in [0.1, 0.15) is 23.5 Å². The molecule has 1 aliphatic rings. The van der Waals surface area contributed by atoms with Crippen LogP contribution in [0.2, 0.25) is 0 Å². The fourth-order valence-electron chi connectivity index (χ4n) is 3.05. The molecule has 2 rings (SSSR count). The Balaban J connectivity index is 2.32. The molecule has 2 heterocycles. The van der Waals surface area contributed by atoms with E-state index in [0.717, 1.165) is 0 Å². The van der Waals surface area contributed by atoms with Crippen molar-refractivity contribution in [1.82, 2.24) is 20.9 Å². The van der Waals surface area contributed by atoms with Crippen LogP contribution in [0.25, 0.3) is 0 Å². The molecule has 3 N–H and O–H groups in total. The third-order valence-electron chi connectivity index (χ3n) is 4.89. The molecule has 1 aliphatic heterocycles. The number of fused-ring (bicyclic) bond motifs is 2. The fraction of sp³-hybridized carbons (Fsp3) is 0.417. The maximum atomic E-state index is 12.9. The van der Waals surface area contributed by atoms with Gasteiger partial charge in [-0.2, -0.15) is 0 Å². The molecule has 1 aromatic rings. The molecule has 36 heavy (non-hydrogen) atoms. The van der Waals surface area contributed by atoms with E-state index < -0.39 is 35.8 Å². The second-order valence-electron chi connectivity index (χ2n) is 7.72. The van der Waals surface area contributed by atoms with Crippen LogP contribution in [0.5, 0.6) is 0 Å². The largest absolute Gasteiger partial charge is 0.456 e. The van der Waals surface area contributed by atoms with Crippen LogP contribution in [0.3, 0.4) is 0 Å². The lowest BCUT2D eigenvalue weighted by molar-refractivity contribution is -0.151. The van der Waals surface area contributed by atoms with Crippen LogP contribution in [0.15, 0.2) is 41.0 Å². The summed E-state index contributed by atoms with van der Waals surface area (Å²) in [4.78, 5) is 66.9. The molecule has 2 bridgehead atoms. The number of carbonyl (C=O) groups excluding carboxylic acids is 5. The molecule has 0 aromatic carbocycles. The summed E-state index contributed by atoms with van der Waals surface area (Å²) in [5, 5.41) is 7.77. The first-order chi connectivity index (χ1) is 17.1. The summed E-state index contributed by atoms with van der Waals surface area (Å²) in [5.74, 6) is -1.84. The van der Waals surface area contributed by atoms with Crippen molar-refractivity contribution in [2.45, 2.75) is 57.2 Å². The molecule has 3 amide bonds. The SMILES string of the molecule is C/C=C1/NC(=O)c2nc(ccc2SC)CNC(=O)C[C@@H](/C=C/CCSC(C)=O)OC(=O)[C@@H](C)NC1=O. The van der Waals surface area contributed by atoms with Crippen molar-refractivity contribution in [3.05, 3.63) is 47.4 Å². The number of esters is 1. The quantitative estimate of drug-likeness (QED) is 0.170. The first-order valence-electron chi connectivity index (χ1n) is 11.2. The predicted molar refractivity (Wildman–Crippen MR) is 138 cm³/mol. The van der Waals surface area contributed by atoms with Crippen molar-refractivity contribution in [1.29, 1.82) is 0 Å². The van der Waals surface area contributed by atoms with Crippen LogP contribution in [-0.4, -0.2) is 57.9 Å². The van der Waals surface area contributed by atoms with Gasteiger partial charge in [-0.05, 0) is 44.7 Å². The van der Waals surface area contributed by atoms with Crippen LogP contribution in [-0.2, 0) is 30.5 Å². The zero-order chi connectivity index (χ0) is 26.7. The number of thioether (sulfide) groups is 2. The van der Waals surface area contributed by atoms with Gasteiger partial charge in [0.25, 0.3) is 11.8 Å².